The van der Waals surface area contributed by atoms with E-state index in [4.69, 9.17) is 9.47 Å². The van der Waals surface area contributed by atoms with Crippen molar-refractivity contribution in [2.45, 2.75) is 44.3 Å². The van der Waals surface area contributed by atoms with Crippen molar-refractivity contribution in [3.63, 3.8) is 0 Å². The van der Waals surface area contributed by atoms with Gasteiger partial charge in [-0.2, -0.15) is 4.31 Å². The highest BCUT2D eigenvalue weighted by Gasteiger charge is 2.46. The average molecular weight is 340 g/mol. The van der Waals surface area contributed by atoms with Crippen molar-refractivity contribution in [3.05, 3.63) is 24.5 Å². The zero-order valence-electron chi connectivity index (χ0n) is 13.5. The largest absolute Gasteiger partial charge is 0.486 e. The van der Waals surface area contributed by atoms with E-state index in [0.29, 0.717) is 26.1 Å². The molecule has 1 spiro atoms. The lowest BCUT2D eigenvalue weighted by Gasteiger charge is -2.38. The van der Waals surface area contributed by atoms with Crippen LogP contribution < -0.4 is 4.74 Å². The molecule has 128 valence electrons. The SMILES string of the molecule is CCCS(=O)(=O)N1CCCC2(CC(Oc3cccnc3)CO2)C1. The minimum absolute atomic E-state index is 0.0481. The summed E-state index contributed by atoms with van der Waals surface area (Å²) in [7, 11) is -3.17. The molecule has 1 aromatic heterocycles. The molecule has 3 rings (SSSR count). The van der Waals surface area contributed by atoms with Crippen LogP contribution in [0.2, 0.25) is 0 Å². The van der Waals surface area contributed by atoms with Crippen molar-refractivity contribution in [2.24, 2.45) is 0 Å². The summed E-state index contributed by atoms with van der Waals surface area (Å²) >= 11 is 0. The van der Waals surface area contributed by atoms with Gasteiger partial charge in [0, 0.05) is 25.7 Å². The van der Waals surface area contributed by atoms with Crippen LogP contribution in [0.5, 0.6) is 5.75 Å². The van der Waals surface area contributed by atoms with E-state index in [0.717, 1.165) is 25.0 Å². The third-order valence-corrected chi connectivity index (χ3v) is 6.49. The van der Waals surface area contributed by atoms with Crippen LogP contribution in [-0.4, -0.2) is 54.9 Å². The number of hydrogen-bond acceptors (Lipinski definition) is 5. The summed E-state index contributed by atoms with van der Waals surface area (Å²) in [6, 6.07) is 3.71. The molecule has 2 aliphatic heterocycles. The molecule has 6 nitrogen and oxygen atoms in total. The molecule has 23 heavy (non-hydrogen) atoms. The molecule has 0 radical (unpaired) electrons. The first-order valence-corrected chi connectivity index (χ1v) is 9.82. The van der Waals surface area contributed by atoms with Crippen molar-refractivity contribution < 1.29 is 17.9 Å². The number of nitrogens with zero attached hydrogens (tertiary/aromatic N) is 2. The Bertz CT molecular complexity index is 622. The zero-order chi connectivity index (χ0) is 16.3. The van der Waals surface area contributed by atoms with Gasteiger partial charge in [-0.05, 0) is 31.4 Å². The van der Waals surface area contributed by atoms with Crippen molar-refractivity contribution in [1.29, 1.82) is 0 Å². The van der Waals surface area contributed by atoms with Gasteiger partial charge in [-0.15, -0.1) is 0 Å². The van der Waals surface area contributed by atoms with E-state index in [-0.39, 0.29) is 11.9 Å². The van der Waals surface area contributed by atoms with Crippen molar-refractivity contribution in [2.75, 3.05) is 25.4 Å². The van der Waals surface area contributed by atoms with Crippen molar-refractivity contribution >= 4 is 10.0 Å². The van der Waals surface area contributed by atoms with E-state index < -0.39 is 15.6 Å². The Morgan fingerprint density at radius 3 is 3.13 bits per heavy atom. The van der Waals surface area contributed by atoms with Crippen LogP contribution >= 0.6 is 0 Å². The summed E-state index contributed by atoms with van der Waals surface area (Å²) in [5.74, 6) is 0.933. The Kier molecular flexibility index (Phi) is 4.89. The fourth-order valence-electron chi connectivity index (χ4n) is 3.45. The highest BCUT2D eigenvalue weighted by Crippen LogP contribution is 2.37. The molecule has 1 aromatic rings. The van der Waals surface area contributed by atoms with Crippen LogP contribution in [0.3, 0.4) is 0 Å². The van der Waals surface area contributed by atoms with Crippen LogP contribution in [0.15, 0.2) is 24.5 Å². The van der Waals surface area contributed by atoms with Gasteiger partial charge < -0.3 is 9.47 Å². The average Bonchev–Trinajstić information content (AvgIpc) is 2.90. The number of ether oxygens (including phenoxy) is 2. The van der Waals surface area contributed by atoms with Gasteiger partial charge in [-0.25, -0.2) is 8.42 Å². The third kappa shape index (κ3) is 3.84. The highest BCUT2D eigenvalue weighted by atomic mass is 32.2. The molecule has 0 bridgehead atoms. The maximum absolute atomic E-state index is 12.3. The first-order valence-electron chi connectivity index (χ1n) is 8.21. The molecular formula is C16H24N2O4S. The van der Waals surface area contributed by atoms with Gasteiger partial charge in [-0.1, -0.05) is 6.92 Å². The summed E-state index contributed by atoms with van der Waals surface area (Å²) in [5.41, 5.74) is -0.397. The second-order valence-corrected chi connectivity index (χ2v) is 8.47. The highest BCUT2D eigenvalue weighted by molar-refractivity contribution is 7.89. The predicted octanol–water partition coefficient (Wildman–Crippen LogP) is 1.82. The van der Waals surface area contributed by atoms with E-state index in [2.05, 4.69) is 4.98 Å². The lowest BCUT2D eigenvalue weighted by Crippen LogP contribution is -2.50. The van der Waals surface area contributed by atoms with Gasteiger partial charge in [-0.3, -0.25) is 4.98 Å². The van der Waals surface area contributed by atoms with Gasteiger partial charge in [0.05, 0.1) is 24.2 Å². The molecule has 2 atom stereocenters. The van der Waals surface area contributed by atoms with Crippen molar-refractivity contribution in [1.82, 2.24) is 9.29 Å². The number of aromatic nitrogens is 1. The molecule has 7 heteroatoms. The van der Waals surface area contributed by atoms with Crippen molar-refractivity contribution in [3.8, 4) is 5.75 Å². The Morgan fingerprint density at radius 2 is 2.39 bits per heavy atom. The summed E-state index contributed by atoms with van der Waals surface area (Å²) in [6.07, 6.45) is 6.43. The third-order valence-electron chi connectivity index (χ3n) is 4.47. The predicted molar refractivity (Wildman–Crippen MR) is 86.8 cm³/mol. The van der Waals surface area contributed by atoms with Gasteiger partial charge in [0.25, 0.3) is 0 Å². The van der Waals surface area contributed by atoms with Crippen LogP contribution in [-0.2, 0) is 14.8 Å². The summed E-state index contributed by atoms with van der Waals surface area (Å²) < 4.78 is 38.2. The number of rotatable bonds is 5. The molecule has 2 aliphatic rings. The Hall–Kier alpha value is -1.18. The van der Waals surface area contributed by atoms with Crippen LogP contribution in [0.1, 0.15) is 32.6 Å². The number of sulfonamides is 1. The normalized spacial score (nSPS) is 29.0. The molecule has 0 amide bonds. The van der Waals surface area contributed by atoms with E-state index >= 15 is 0 Å². The molecule has 2 fully saturated rings. The lowest BCUT2D eigenvalue weighted by atomic mass is 9.90. The van der Waals surface area contributed by atoms with Gasteiger partial charge >= 0.3 is 0 Å². The summed E-state index contributed by atoms with van der Waals surface area (Å²) in [6.45, 7) is 3.43. The maximum atomic E-state index is 12.3. The topological polar surface area (TPSA) is 68.7 Å². The van der Waals surface area contributed by atoms with E-state index in [1.807, 2.05) is 19.1 Å². The molecule has 3 heterocycles. The Morgan fingerprint density at radius 1 is 1.52 bits per heavy atom. The molecule has 0 aromatic carbocycles. The molecule has 0 N–H and O–H groups in total. The smallest absolute Gasteiger partial charge is 0.214 e. The molecule has 2 unspecified atom stereocenters. The molecule has 0 aliphatic carbocycles. The zero-order valence-corrected chi connectivity index (χ0v) is 14.3. The Labute approximate surface area is 137 Å². The fourth-order valence-corrected chi connectivity index (χ4v) is 5.07. The summed E-state index contributed by atoms with van der Waals surface area (Å²) in [5, 5.41) is 0. The fraction of sp³-hybridized carbons (Fsp3) is 0.688. The van der Waals surface area contributed by atoms with Crippen LogP contribution in [0.4, 0.5) is 0 Å². The van der Waals surface area contributed by atoms with Gasteiger partial charge in [0.1, 0.15) is 11.9 Å². The number of pyridine rings is 1. The molecular weight excluding hydrogens is 316 g/mol. The first-order chi connectivity index (χ1) is 11.0. The number of hydrogen-bond donors (Lipinski definition) is 0. The van der Waals surface area contributed by atoms with E-state index in [9.17, 15) is 8.42 Å². The second kappa shape index (κ2) is 6.75. The van der Waals surface area contributed by atoms with E-state index in [1.165, 1.54) is 0 Å². The Balaban J connectivity index is 1.64. The minimum Gasteiger partial charge on any atom is -0.486 e. The molecule has 0 saturated carbocycles. The minimum atomic E-state index is -3.17. The maximum Gasteiger partial charge on any atom is 0.214 e. The number of piperidine rings is 1. The quantitative estimate of drug-likeness (QED) is 0.818. The van der Waals surface area contributed by atoms with Gasteiger partial charge in [0.2, 0.25) is 10.0 Å². The second-order valence-electron chi connectivity index (χ2n) is 6.38. The van der Waals surface area contributed by atoms with E-state index in [1.54, 1.807) is 16.7 Å². The van der Waals surface area contributed by atoms with Crippen LogP contribution in [0, 0.1) is 0 Å². The first kappa shape index (κ1) is 16.7. The monoisotopic (exact) mass is 340 g/mol. The van der Waals surface area contributed by atoms with Crippen LogP contribution in [0.25, 0.3) is 0 Å². The van der Waals surface area contributed by atoms with Gasteiger partial charge in [0.15, 0.2) is 0 Å². The standard InChI is InChI=1S/C16H24N2O4S/c1-2-9-23(19,20)18-8-4-6-16(13-18)10-15(12-21-16)22-14-5-3-7-17-11-14/h3,5,7,11,15H,2,4,6,8-10,12-13H2,1H3. The summed E-state index contributed by atoms with van der Waals surface area (Å²) in [4.78, 5) is 4.04. The molecule has 2 saturated heterocycles. The lowest BCUT2D eigenvalue weighted by molar-refractivity contribution is -0.0338.